The molecule has 0 spiro atoms. The minimum atomic E-state index is -3.50. The molecule has 1 aromatic heterocycles. The van der Waals surface area contributed by atoms with Gasteiger partial charge >= 0.3 is 0 Å². The van der Waals surface area contributed by atoms with Gasteiger partial charge in [0.2, 0.25) is 10.0 Å². The molecule has 0 bridgehead atoms. The van der Waals surface area contributed by atoms with Gasteiger partial charge in [-0.2, -0.15) is 0 Å². The minimum absolute atomic E-state index is 0.215. The zero-order valence-electron chi connectivity index (χ0n) is 11.0. The Bertz CT molecular complexity index is 512. The fourth-order valence-electron chi connectivity index (χ4n) is 2.38. The summed E-state index contributed by atoms with van der Waals surface area (Å²) in [7, 11) is -3.50. The molecular weight excluding hydrogens is 268 g/mol. The third-order valence-corrected chi connectivity index (χ3v) is 4.66. The topological polar surface area (TPSA) is 92.4 Å². The van der Waals surface area contributed by atoms with Crippen molar-refractivity contribution >= 4 is 10.0 Å². The van der Waals surface area contributed by atoms with E-state index in [2.05, 4.69) is 9.88 Å². The van der Waals surface area contributed by atoms with Crippen LogP contribution in [0.4, 0.5) is 0 Å². The van der Waals surface area contributed by atoms with E-state index in [0.29, 0.717) is 24.3 Å². The molecule has 1 fully saturated rings. The molecule has 2 rings (SSSR count). The van der Waals surface area contributed by atoms with Crippen molar-refractivity contribution in [3.8, 4) is 0 Å². The van der Waals surface area contributed by atoms with Crippen LogP contribution in [0.15, 0.2) is 10.6 Å². The van der Waals surface area contributed by atoms with Gasteiger partial charge in [-0.25, -0.2) is 13.1 Å². The Morgan fingerprint density at radius 3 is 2.84 bits per heavy atom. The van der Waals surface area contributed by atoms with Crippen molar-refractivity contribution in [2.24, 2.45) is 0 Å². The van der Waals surface area contributed by atoms with Crippen molar-refractivity contribution in [2.75, 3.05) is 0 Å². The Balaban J connectivity index is 1.99. The van der Waals surface area contributed by atoms with E-state index in [1.165, 1.54) is 0 Å². The van der Waals surface area contributed by atoms with Crippen molar-refractivity contribution in [1.82, 2.24) is 9.88 Å². The highest BCUT2D eigenvalue weighted by Crippen LogP contribution is 2.19. The number of nitrogens with one attached hydrogen (secondary N) is 1. The molecule has 2 atom stereocenters. The molecule has 1 aliphatic carbocycles. The van der Waals surface area contributed by atoms with Gasteiger partial charge in [-0.1, -0.05) is 24.4 Å². The van der Waals surface area contributed by atoms with Crippen LogP contribution in [0.2, 0.25) is 0 Å². The zero-order valence-corrected chi connectivity index (χ0v) is 11.8. The first-order chi connectivity index (χ1) is 8.96. The summed E-state index contributed by atoms with van der Waals surface area (Å²) in [6.45, 7) is 1.71. The van der Waals surface area contributed by atoms with Crippen LogP contribution in [0, 0.1) is 6.92 Å². The lowest BCUT2D eigenvalue weighted by atomic mass is 10.1. The van der Waals surface area contributed by atoms with E-state index in [0.717, 1.165) is 19.3 Å². The Hall–Kier alpha value is -0.920. The van der Waals surface area contributed by atoms with E-state index < -0.39 is 16.1 Å². The summed E-state index contributed by atoms with van der Waals surface area (Å²) < 4.78 is 31.5. The van der Waals surface area contributed by atoms with Crippen LogP contribution < -0.4 is 4.72 Å². The number of aromatic nitrogens is 1. The molecular formula is C12H20N2O4S. The van der Waals surface area contributed by atoms with Crippen molar-refractivity contribution < 1.29 is 18.0 Å². The maximum atomic E-state index is 12.0. The largest absolute Gasteiger partial charge is 0.391 e. The lowest BCUT2D eigenvalue weighted by Crippen LogP contribution is -2.43. The van der Waals surface area contributed by atoms with Crippen LogP contribution in [0.3, 0.4) is 0 Å². The number of hydrogen-bond acceptors (Lipinski definition) is 5. The molecule has 7 heteroatoms. The van der Waals surface area contributed by atoms with Crippen LogP contribution in [0.5, 0.6) is 0 Å². The van der Waals surface area contributed by atoms with Crippen LogP contribution in [0.1, 0.15) is 43.6 Å². The van der Waals surface area contributed by atoms with Crippen molar-refractivity contribution in [3.63, 3.8) is 0 Å². The van der Waals surface area contributed by atoms with Gasteiger partial charge < -0.3 is 9.63 Å². The van der Waals surface area contributed by atoms with Crippen molar-refractivity contribution in [3.05, 3.63) is 17.5 Å². The van der Waals surface area contributed by atoms with Gasteiger partial charge in [0, 0.05) is 12.1 Å². The first-order valence-electron chi connectivity index (χ1n) is 6.56. The molecule has 1 aliphatic rings. The smallest absolute Gasteiger partial charge is 0.217 e. The first-order valence-corrected chi connectivity index (χ1v) is 8.22. The third-order valence-electron chi connectivity index (χ3n) is 3.33. The summed E-state index contributed by atoms with van der Waals surface area (Å²) in [6, 6.07) is 1.21. The van der Waals surface area contributed by atoms with E-state index in [1.807, 2.05) is 0 Å². The molecule has 0 radical (unpaired) electrons. The Kier molecular flexibility index (Phi) is 4.59. The molecule has 0 aromatic carbocycles. The highest BCUT2D eigenvalue weighted by atomic mass is 32.2. The SMILES string of the molecule is Cc1cc(CS(=O)(=O)NC2CCCCCC2O)no1. The molecule has 1 heterocycles. The van der Waals surface area contributed by atoms with Crippen LogP contribution >= 0.6 is 0 Å². The molecule has 2 N–H and O–H groups in total. The van der Waals surface area contributed by atoms with Crippen LogP contribution in [-0.2, 0) is 15.8 Å². The number of rotatable bonds is 4. The molecule has 108 valence electrons. The summed E-state index contributed by atoms with van der Waals surface area (Å²) in [6.07, 6.45) is 3.65. The monoisotopic (exact) mass is 288 g/mol. The second-order valence-electron chi connectivity index (χ2n) is 5.12. The highest BCUT2D eigenvalue weighted by molar-refractivity contribution is 7.88. The lowest BCUT2D eigenvalue weighted by molar-refractivity contribution is 0.130. The number of nitrogens with zero attached hydrogens (tertiary/aromatic N) is 1. The van der Waals surface area contributed by atoms with Crippen LogP contribution in [-0.4, -0.2) is 30.8 Å². The number of aliphatic hydroxyl groups excluding tert-OH is 1. The number of aryl methyl sites for hydroxylation is 1. The van der Waals surface area contributed by atoms with E-state index in [9.17, 15) is 13.5 Å². The fraction of sp³-hybridized carbons (Fsp3) is 0.750. The predicted molar refractivity (Wildman–Crippen MR) is 69.9 cm³/mol. The van der Waals surface area contributed by atoms with Crippen molar-refractivity contribution in [1.29, 1.82) is 0 Å². The van der Waals surface area contributed by atoms with Gasteiger partial charge in [-0.3, -0.25) is 0 Å². The number of hydrogen-bond donors (Lipinski definition) is 2. The van der Waals surface area contributed by atoms with E-state index >= 15 is 0 Å². The number of aliphatic hydroxyl groups is 1. The van der Waals surface area contributed by atoms with E-state index in [1.54, 1.807) is 13.0 Å². The molecule has 0 saturated heterocycles. The molecule has 0 amide bonds. The lowest BCUT2D eigenvalue weighted by Gasteiger charge is -2.21. The second kappa shape index (κ2) is 6.02. The van der Waals surface area contributed by atoms with Gasteiger partial charge in [0.05, 0.1) is 6.10 Å². The van der Waals surface area contributed by atoms with Gasteiger partial charge in [-0.05, 0) is 19.8 Å². The maximum Gasteiger partial charge on any atom is 0.217 e. The second-order valence-corrected chi connectivity index (χ2v) is 6.87. The molecule has 1 aromatic rings. The Morgan fingerprint density at radius 1 is 1.42 bits per heavy atom. The average molecular weight is 288 g/mol. The summed E-state index contributed by atoms with van der Waals surface area (Å²) in [5, 5.41) is 13.6. The quantitative estimate of drug-likeness (QED) is 0.809. The maximum absolute atomic E-state index is 12.0. The highest BCUT2D eigenvalue weighted by Gasteiger charge is 2.26. The van der Waals surface area contributed by atoms with Gasteiger partial charge in [0.1, 0.15) is 17.2 Å². The predicted octanol–water partition coefficient (Wildman–Crippen LogP) is 1.10. The normalized spacial score (nSPS) is 25.2. The summed E-state index contributed by atoms with van der Waals surface area (Å²) in [4.78, 5) is 0. The summed E-state index contributed by atoms with van der Waals surface area (Å²) in [5.74, 6) is 0.368. The van der Waals surface area contributed by atoms with E-state index in [-0.39, 0.29) is 11.8 Å². The third kappa shape index (κ3) is 4.29. The molecule has 6 nitrogen and oxygen atoms in total. The Morgan fingerprint density at radius 2 is 2.16 bits per heavy atom. The molecule has 19 heavy (non-hydrogen) atoms. The number of sulfonamides is 1. The summed E-state index contributed by atoms with van der Waals surface area (Å²) >= 11 is 0. The minimum Gasteiger partial charge on any atom is -0.391 e. The standard InChI is InChI=1S/C12H20N2O4S/c1-9-7-10(13-18-9)8-19(16,17)14-11-5-3-2-4-6-12(11)15/h7,11-12,14-15H,2-6,8H2,1H3. The first kappa shape index (κ1) is 14.5. The fourth-order valence-corrected chi connectivity index (χ4v) is 3.72. The van der Waals surface area contributed by atoms with Gasteiger partial charge in [0.25, 0.3) is 0 Å². The average Bonchev–Trinajstić information content (AvgIpc) is 2.60. The molecule has 0 aliphatic heterocycles. The van der Waals surface area contributed by atoms with E-state index in [4.69, 9.17) is 4.52 Å². The summed E-state index contributed by atoms with van der Waals surface area (Å²) in [5.41, 5.74) is 0.383. The van der Waals surface area contributed by atoms with Crippen molar-refractivity contribution in [2.45, 2.75) is 56.9 Å². The molecule has 1 saturated carbocycles. The van der Waals surface area contributed by atoms with Crippen LogP contribution in [0.25, 0.3) is 0 Å². The zero-order chi connectivity index (χ0) is 13.9. The Labute approximate surface area is 113 Å². The van der Waals surface area contributed by atoms with Gasteiger partial charge in [-0.15, -0.1) is 0 Å². The molecule has 2 unspecified atom stereocenters. The van der Waals surface area contributed by atoms with Gasteiger partial charge in [0.15, 0.2) is 0 Å².